The lowest BCUT2D eigenvalue weighted by Crippen LogP contribution is -2.46. The fraction of sp³-hybridized carbons (Fsp3) is 0.273. The average molecular weight is 394 g/mol. The number of anilines is 4. The van der Waals surface area contributed by atoms with Gasteiger partial charge in [0.2, 0.25) is 5.95 Å². The van der Waals surface area contributed by atoms with E-state index in [1.165, 1.54) is 5.69 Å². The smallest absolute Gasteiger partial charge is 0.229 e. The molecule has 1 N–H and O–H groups in total. The first-order valence-corrected chi connectivity index (χ1v) is 9.90. The van der Waals surface area contributed by atoms with Gasteiger partial charge in [-0.05, 0) is 43.7 Å². The highest BCUT2D eigenvalue weighted by Crippen LogP contribution is 2.25. The number of aryl methyl sites for hydroxylation is 2. The topological polar surface area (TPSA) is 44.3 Å². The summed E-state index contributed by atoms with van der Waals surface area (Å²) in [5.74, 6) is 1.56. The van der Waals surface area contributed by atoms with Gasteiger partial charge in [-0.3, -0.25) is 0 Å². The zero-order valence-corrected chi connectivity index (χ0v) is 16.9. The Kier molecular flexibility index (Phi) is 5.35. The van der Waals surface area contributed by atoms with Crippen molar-refractivity contribution >= 4 is 34.7 Å². The third-order valence-electron chi connectivity index (χ3n) is 5.01. The molecular weight excluding hydrogens is 370 g/mol. The van der Waals surface area contributed by atoms with E-state index >= 15 is 0 Å². The molecule has 2 aromatic carbocycles. The maximum Gasteiger partial charge on any atom is 0.229 e. The summed E-state index contributed by atoms with van der Waals surface area (Å²) in [5, 5.41) is 4.02. The monoisotopic (exact) mass is 393 g/mol. The number of nitrogens with zero attached hydrogens (tertiary/aromatic N) is 4. The molecule has 6 heteroatoms. The number of aromatic nitrogens is 2. The van der Waals surface area contributed by atoms with Crippen LogP contribution in [0.4, 0.5) is 23.1 Å². The van der Waals surface area contributed by atoms with Crippen LogP contribution in [0.15, 0.2) is 54.6 Å². The largest absolute Gasteiger partial charge is 0.368 e. The lowest BCUT2D eigenvalue weighted by atomic mass is 10.2. The van der Waals surface area contributed by atoms with Crippen LogP contribution in [0.2, 0.25) is 5.02 Å². The van der Waals surface area contributed by atoms with Gasteiger partial charge in [-0.2, -0.15) is 4.98 Å². The van der Waals surface area contributed by atoms with Gasteiger partial charge >= 0.3 is 0 Å². The van der Waals surface area contributed by atoms with Gasteiger partial charge in [0.25, 0.3) is 0 Å². The Hall–Kier alpha value is -2.79. The molecule has 1 aromatic heterocycles. The van der Waals surface area contributed by atoms with E-state index in [1.54, 1.807) is 0 Å². The minimum absolute atomic E-state index is 0.603. The zero-order valence-electron chi connectivity index (χ0n) is 16.2. The van der Waals surface area contributed by atoms with Crippen LogP contribution in [-0.2, 0) is 0 Å². The number of hydrogen-bond acceptors (Lipinski definition) is 5. The van der Waals surface area contributed by atoms with Crippen molar-refractivity contribution < 1.29 is 0 Å². The maximum absolute atomic E-state index is 6.14. The molecule has 144 valence electrons. The minimum Gasteiger partial charge on any atom is -0.368 e. The zero-order chi connectivity index (χ0) is 19.5. The molecule has 1 saturated heterocycles. The van der Waals surface area contributed by atoms with Gasteiger partial charge < -0.3 is 15.1 Å². The quantitative estimate of drug-likeness (QED) is 0.688. The second-order valence-electron chi connectivity index (χ2n) is 7.09. The van der Waals surface area contributed by atoms with Gasteiger partial charge in [0.15, 0.2) is 0 Å². The fourth-order valence-electron chi connectivity index (χ4n) is 3.45. The highest BCUT2D eigenvalue weighted by molar-refractivity contribution is 6.30. The maximum atomic E-state index is 6.14. The van der Waals surface area contributed by atoms with E-state index in [2.05, 4.69) is 50.4 Å². The Balaban J connectivity index is 1.49. The molecule has 0 unspecified atom stereocenters. The highest BCUT2D eigenvalue weighted by atomic mass is 35.5. The van der Waals surface area contributed by atoms with Crippen LogP contribution >= 0.6 is 11.6 Å². The Labute approximate surface area is 171 Å². The van der Waals surface area contributed by atoms with Crippen LogP contribution in [0.25, 0.3) is 0 Å². The Morgan fingerprint density at radius 1 is 0.857 bits per heavy atom. The molecule has 0 radical (unpaired) electrons. The molecule has 4 rings (SSSR count). The lowest BCUT2D eigenvalue weighted by Gasteiger charge is -2.36. The van der Waals surface area contributed by atoms with E-state index in [1.807, 2.05) is 38.1 Å². The first kappa shape index (κ1) is 18.6. The summed E-state index contributed by atoms with van der Waals surface area (Å²) in [5.41, 5.74) is 4.25. The van der Waals surface area contributed by atoms with Crippen molar-refractivity contribution in [3.05, 3.63) is 70.9 Å². The van der Waals surface area contributed by atoms with E-state index in [0.717, 1.165) is 48.9 Å². The van der Waals surface area contributed by atoms with Crippen LogP contribution in [0.5, 0.6) is 0 Å². The molecule has 1 fully saturated rings. The summed E-state index contributed by atoms with van der Waals surface area (Å²) in [6, 6.07) is 18.4. The van der Waals surface area contributed by atoms with E-state index in [4.69, 9.17) is 16.6 Å². The van der Waals surface area contributed by atoms with Gasteiger partial charge in [0, 0.05) is 54.3 Å². The van der Waals surface area contributed by atoms with Crippen molar-refractivity contribution in [2.45, 2.75) is 13.8 Å². The van der Waals surface area contributed by atoms with Crippen molar-refractivity contribution in [1.29, 1.82) is 0 Å². The molecule has 1 aliphatic rings. The van der Waals surface area contributed by atoms with Gasteiger partial charge in [-0.15, -0.1) is 0 Å². The van der Waals surface area contributed by atoms with Crippen LogP contribution in [0, 0.1) is 13.8 Å². The molecule has 0 aliphatic carbocycles. The van der Waals surface area contributed by atoms with Crippen molar-refractivity contribution in [3.63, 3.8) is 0 Å². The Morgan fingerprint density at radius 3 is 2.32 bits per heavy atom. The Bertz CT molecular complexity index is 952. The molecule has 0 saturated carbocycles. The molecule has 0 spiro atoms. The van der Waals surface area contributed by atoms with E-state index in [-0.39, 0.29) is 0 Å². The van der Waals surface area contributed by atoms with Crippen LogP contribution < -0.4 is 15.1 Å². The average Bonchev–Trinajstić information content (AvgIpc) is 2.71. The van der Waals surface area contributed by atoms with Crippen LogP contribution in [-0.4, -0.2) is 36.1 Å². The standard InChI is InChI=1S/C22H24ClN5/c1-16-8-9-18(23)15-20(16)25-22-24-17(2)14-21(26-22)28-12-10-27(11-13-28)19-6-4-3-5-7-19/h3-9,14-15H,10-13H2,1-2H3,(H,24,25,26). The number of nitrogens with one attached hydrogen (secondary N) is 1. The number of halogens is 1. The number of para-hydroxylation sites is 1. The molecule has 3 aromatic rings. The van der Waals surface area contributed by atoms with E-state index in [0.29, 0.717) is 11.0 Å². The lowest BCUT2D eigenvalue weighted by molar-refractivity contribution is 0.647. The van der Waals surface area contributed by atoms with Crippen LogP contribution in [0.3, 0.4) is 0 Å². The minimum atomic E-state index is 0.603. The fourth-order valence-corrected chi connectivity index (χ4v) is 3.62. The predicted molar refractivity (Wildman–Crippen MR) is 117 cm³/mol. The highest BCUT2D eigenvalue weighted by Gasteiger charge is 2.19. The SMILES string of the molecule is Cc1cc(N2CCN(c3ccccc3)CC2)nc(Nc2cc(Cl)ccc2C)n1. The number of benzene rings is 2. The summed E-state index contributed by atoms with van der Waals surface area (Å²) in [7, 11) is 0. The molecule has 0 amide bonds. The molecule has 28 heavy (non-hydrogen) atoms. The molecular formula is C22H24ClN5. The summed E-state index contributed by atoms with van der Waals surface area (Å²) < 4.78 is 0. The van der Waals surface area contributed by atoms with Crippen LogP contribution in [0.1, 0.15) is 11.3 Å². The number of hydrogen-bond donors (Lipinski definition) is 1. The third kappa shape index (κ3) is 4.20. The van der Waals surface area contributed by atoms with Gasteiger partial charge in [0.05, 0.1) is 0 Å². The first-order chi connectivity index (χ1) is 13.6. The van der Waals surface area contributed by atoms with E-state index in [9.17, 15) is 0 Å². The first-order valence-electron chi connectivity index (χ1n) is 9.52. The van der Waals surface area contributed by atoms with Crippen molar-refractivity contribution in [3.8, 4) is 0 Å². The number of rotatable bonds is 4. The summed E-state index contributed by atoms with van der Waals surface area (Å²) in [4.78, 5) is 14.1. The summed E-state index contributed by atoms with van der Waals surface area (Å²) in [6.45, 7) is 7.86. The molecule has 2 heterocycles. The van der Waals surface area contributed by atoms with Crippen molar-refractivity contribution in [1.82, 2.24) is 9.97 Å². The summed E-state index contributed by atoms with van der Waals surface area (Å²) >= 11 is 6.14. The van der Waals surface area contributed by atoms with Gasteiger partial charge in [-0.1, -0.05) is 35.9 Å². The third-order valence-corrected chi connectivity index (χ3v) is 5.25. The molecule has 0 bridgehead atoms. The molecule has 1 aliphatic heterocycles. The Morgan fingerprint density at radius 2 is 1.57 bits per heavy atom. The van der Waals surface area contributed by atoms with E-state index < -0.39 is 0 Å². The van der Waals surface area contributed by atoms with Crippen molar-refractivity contribution in [2.75, 3.05) is 41.3 Å². The summed E-state index contributed by atoms with van der Waals surface area (Å²) in [6.07, 6.45) is 0. The predicted octanol–water partition coefficient (Wildman–Crippen LogP) is 4.82. The van der Waals surface area contributed by atoms with Crippen molar-refractivity contribution in [2.24, 2.45) is 0 Å². The second-order valence-corrected chi connectivity index (χ2v) is 7.52. The normalized spacial score (nSPS) is 14.2. The second kappa shape index (κ2) is 8.07. The number of piperazine rings is 1. The molecule has 5 nitrogen and oxygen atoms in total. The van der Waals surface area contributed by atoms with Gasteiger partial charge in [-0.25, -0.2) is 4.98 Å². The molecule has 0 atom stereocenters. The van der Waals surface area contributed by atoms with Gasteiger partial charge in [0.1, 0.15) is 5.82 Å².